The van der Waals surface area contributed by atoms with Crippen molar-refractivity contribution >= 4 is 17.6 Å². The highest BCUT2D eigenvalue weighted by Crippen LogP contribution is 2.47. The maximum Gasteiger partial charge on any atom is 0.308 e. The van der Waals surface area contributed by atoms with Gasteiger partial charge in [0.15, 0.2) is 23.9 Å². The Labute approximate surface area is 239 Å². The van der Waals surface area contributed by atoms with Crippen LogP contribution in [0.15, 0.2) is 55.4 Å². The van der Waals surface area contributed by atoms with Crippen LogP contribution < -0.4 is 23.7 Å². The number of carboxylic acid groups (broad SMARTS) is 1. The molecule has 2 aliphatic heterocycles. The number of carbonyl (C=O) groups excluding carboxylic acids is 1. The number of ether oxygens (including phenoxy) is 3. The third-order valence-electron chi connectivity index (χ3n) is 7.99. The van der Waals surface area contributed by atoms with Gasteiger partial charge >= 0.3 is 5.97 Å². The topological polar surface area (TPSA) is 110 Å². The van der Waals surface area contributed by atoms with Gasteiger partial charge in [0, 0.05) is 50.1 Å². The minimum Gasteiger partial charge on any atom is -0.493 e. The van der Waals surface area contributed by atoms with E-state index in [0.717, 1.165) is 24.1 Å². The smallest absolute Gasteiger partial charge is 0.308 e. The Morgan fingerprint density at radius 3 is 2.85 bits per heavy atom. The third-order valence-corrected chi connectivity index (χ3v) is 7.99. The highest BCUT2D eigenvalue weighted by molar-refractivity contribution is 5.94. The number of amides is 1. The van der Waals surface area contributed by atoms with Gasteiger partial charge in [-0.3, -0.25) is 14.5 Å². The van der Waals surface area contributed by atoms with Crippen molar-refractivity contribution in [2.24, 2.45) is 13.0 Å². The maximum absolute atomic E-state index is 13.9. The molecule has 218 valence electrons. The Kier molecular flexibility index (Phi) is 8.72. The van der Waals surface area contributed by atoms with Gasteiger partial charge < -0.3 is 28.8 Å². The van der Waals surface area contributed by atoms with Gasteiger partial charge in [0.05, 0.1) is 25.9 Å². The zero-order chi connectivity index (χ0) is 28.9. The van der Waals surface area contributed by atoms with Crippen molar-refractivity contribution in [3.8, 4) is 17.2 Å². The summed E-state index contributed by atoms with van der Waals surface area (Å²) in [6, 6.07) is 7.18. The first kappa shape index (κ1) is 28.4. The van der Waals surface area contributed by atoms with Crippen molar-refractivity contribution in [2.45, 2.75) is 44.7 Å². The summed E-state index contributed by atoms with van der Waals surface area (Å²) in [4.78, 5) is 34.8. The fraction of sp³-hybridized carbons (Fsp3) is 0.467. The number of benzene rings is 1. The Hall–Kier alpha value is -4.12. The van der Waals surface area contributed by atoms with Crippen molar-refractivity contribution < 1.29 is 33.5 Å². The predicted octanol–water partition coefficient (Wildman–Crippen LogP) is 2.84. The first-order valence-corrected chi connectivity index (χ1v) is 14.0. The minimum absolute atomic E-state index is 0.0506. The SMILES string of the molecule is CCCCN(C(=O)CN1C[C@H](c2cc(OC)c3c(c2)OCO3)[C@@H](C(=O)O)[C@@H]1CCn1ccnc1)c1ccc[n+](C)c1. The molecule has 3 aromatic rings. The number of methoxy groups -OCH3 is 1. The Morgan fingerprint density at radius 1 is 1.29 bits per heavy atom. The molecular weight excluding hydrogens is 526 g/mol. The van der Waals surface area contributed by atoms with Crippen LogP contribution in [-0.4, -0.2) is 71.0 Å². The summed E-state index contributed by atoms with van der Waals surface area (Å²) < 4.78 is 20.6. The van der Waals surface area contributed by atoms with Gasteiger partial charge in [-0.2, -0.15) is 0 Å². The van der Waals surface area contributed by atoms with Crippen molar-refractivity contribution in [2.75, 3.05) is 38.4 Å². The number of fused-ring (bicyclic) bond motifs is 1. The second-order valence-corrected chi connectivity index (χ2v) is 10.6. The number of aryl methyl sites for hydroxylation is 2. The van der Waals surface area contributed by atoms with Crippen LogP contribution in [0.25, 0.3) is 0 Å². The lowest BCUT2D eigenvalue weighted by Gasteiger charge is -2.29. The van der Waals surface area contributed by atoms with Gasteiger partial charge in [-0.1, -0.05) is 13.3 Å². The summed E-state index contributed by atoms with van der Waals surface area (Å²) in [7, 11) is 3.48. The molecule has 1 fully saturated rings. The van der Waals surface area contributed by atoms with Crippen molar-refractivity contribution in [3.63, 3.8) is 0 Å². The summed E-state index contributed by atoms with van der Waals surface area (Å²) in [5.74, 6) is -0.500. The van der Waals surface area contributed by atoms with E-state index in [4.69, 9.17) is 14.2 Å². The molecule has 0 aliphatic carbocycles. The molecule has 0 bridgehead atoms. The maximum atomic E-state index is 13.9. The molecule has 4 heterocycles. The van der Waals surface area contributed by atoms with E-state index in [1.807, 2.05) is 68.8 Å². The molecule has 3 atom stereocenters. The number of hydrogen-bond donors (Lipinski definition) is 1. The summed E-state index contributed by atoms with van der Waals surface area (Å²) in [5, 5.41) is 10.5. The zero-order valence-electron chi connectivity index (χ0n) is 23.8. The van der Waals surface area contributed by atoms with E-state index in [1.165, 1.54) is 0 Å². The number of likely N-dealkylation sites (tertiary alicyclic amines) is 1. The van der Waals surface area contributed by atoms with E-state index >= 15 is 0 Å². The minimum atomic E-state index is -0.893. The second kappa shape index (κ2) is 12.6. The molecule has 1 aromatic carbocycles. The molecule has 1 amide bonds. The highest BCUT2D eigenvalue weighted by atomic mass is 16.7. The van der Waals surface area contributed by atoms with Crippen LogP contribution in [0.5, 0.6) is 17.2 Å². The van der Waals surface area contributed by atoms with Crippen LogP contribution in [-0.2, 0) is 23.2 Å². The first-order valence-electron chi connectivity index (χ1n) is 14.0. The molecule has 11 nitrogen and oxygen atoms in total. The predicted molar refractivity (Wildman–Crippen MR) is 150 cm³/mol. The number of hydrogen-bond acceptors (Lipinski definition) is 7. The molecule has 2 aliphatic rings. The van der Waals surface area contributed by atoms with Crippen molar-refractivity contribution in [3.05, 3.63) is 60.9 Å². The molecule has 1 N–H and O–H groups in total. The molecule has 5 rings (SSSR count). The molecule has 0 spiro atoms. The molecule has 2 aromatic heterocycles. The lowest BCUT2D eigenvalue weighted by molar-refractivity contribution is -0.670. The summed E-state index contributed by atoms with van der Waals surface area (Å²) in [6.45, 7) is 3.88. The number of carbonyl (C=O) groups is 2. The van der Waals surface area contributed by atoms with Gasteiger partial charge in [-0.25, -0.2) is 9.55 Å². The molecule has 11 heteroatoms. The molecular formula is C30H38N5O6+. The average Bonchev–Trinajstić information content (AvgIpc) is 3.72. The lowest BCUT2D eigenvalue weighted by Crippen LogP contribution is -2.45. The van der Waals surface area contributed by atoms with E-state index in [-0.39, 0.29) is 31.2 Å². The Morgan fingerprint density at radius 2 is 2.15 bits per heavy atom. The third kappa shape index (κ3) is 6.14. The number of pyridine rings is 1. The summed E-state index contributed by atoms with van der Waals surface area (Å²) in [5.41, 5.74) is 1.62. The molecule has 0 radical (unpaired) electrons. The van der Waals surface area contributed by atoms with Gasteiger partial charge in [0.2, 0.25) is 18.4 Å². The average molecular weight is 565 g/mol. The van der Waals surface area contributed by atoms with Crippen LogP contribution in [0, 0.1) is 5.92 Å². The van der Waals surface area contributed by atoms with Crippen LogP contribution in [0.4, 0.5) is 5.69 Å². The number of carboxylic acids is 1. The van der Waals surface area contributed by atoms with E-state index < -0.39 is 11.9 Å². The molecule has 41 heavy (non-hydrogen) atoms. The van der Waals surface area contributed by atoms with Gasteiger partial charge in [0.25, 0.3) is 0 Å². The van der Waals surface area contributed by atoms with E-state index in [2.05, 4.69) is 11.9 Å². The molecule has 0 saturated carbocycles. The summed E-state index contributed by atoms with van der Waals surface area (Å²) in [6.07, 6.45) is 11.5. The fourth-order valence-electron chi connectivity index (χ4n) is 5.96. The van der Waals surface area contributed by atoms with Crippen LogP contribution in [0.3, 0.4) is 0 Å². The molecule has 0 unspecified atom stereocenters. The number of aliphatic carboxylic acids is 1. The van der Waals surface area contributed by atoms with E-state index in [0.29, 0.717) is 43.3 Å². The van der Waals surface area contributed by atoms with Gasteiger partial charge in [-0.15, -0.1) is 0 Å². The quantitative estimate of drug-likeness (QED) is 0.335. The largest absolute Gasteiger partial charge is 0.493 e. The van der Waals surface area contributed by atoms with Crippen LogP contribution in [0.2, 0.25) is 0 Å². The monoisotopic (exact) mass is 564 g/mol. The Bertz CT molecular complexity index is 1360. The summed E-state index contributed by atoms with van der Waals surface area (Å²) >= 11 is 0. The normalized spacial score (nSPS) is 19.8. The van der Waals surface area contributed by atoms with Crippen molar-refractivity contribution in [1.29, 1.82) is 0 Å². The lowest BCUT2D eigenvalue weighted by atomic mass is 9.84. The van der Waals surface area contributed by atoms with E-state index in [9.17, 15) is 14.7 Å². The number of anilines is 1. The highest BCUT2D eigenvalue weighted by Gasteiger charge is 2.47. The van der Waals surface area contributed by atoms with Crippen LogP contribution >= 0.6 is 0 Å². The number of aromatic nitrogens is 3. The number of nitrogens with zero attached hydrogens (tertiary/aromatic N) is 5. The number of unbranched alkanes of at least 4 members (excludes halogenated alkanes) is 1. The standard InChI is InChI=1S/C30H37N5O6/c1-4-5-11-35(22-7-6-10-32(2)16-22)27(36)18-34-17-23(21-14-25(39-3)29-26(15-21)40-20-41-29)28(30(37)38)24(34)8-12-33-13-9-31-19-33/h6-7,9-10,13-16,19,23-24,28H,4-5,8,11-12,17-18,20H2,1-3H3/p+1/t23-,24+,28-/m1/s1. The number of rotatable bonds is 12. The fourth-order valence-corrected chi connectivity index (χ4v) is 5.96. The zero-order valence-corrected chi connectivity index (χ0v) is 23.8. The van der Waals surface area contributed by atoms with Gasteiger partial charge in [0.1, 0.15) is 12.7 Å². The molecule has 1 saturated heterocycles. The first-order chi connectivity index (χ1) is 19.9. The van der Waals surface area contributed by atoms with Crippen LogP contribution in [0.1, 0.15) is 37.7 Å². The number of imidazole rings is 1. The van der Waals surface area contributed by atoms with Crippen molar-refractivity contribution in [1.82, 2.24) is 14.5 Å². The van der Waals surface area contributed by atoms with Gasteiger partial charge in [-0.05, 0) is 36.6 Å². The Balaban J connectivity index is 1.47. The van der Waals surface area contributed by atoms with E-state index in [1.54, 1.807) is 19.6 Å². The second-order valence-electron chi connectivity index (χ2n) is 10.6.